The van der Waals surface area contributed by atoms with Gasteiger partial charge in [0, 0.05) is 34.0 Å². The van der Waals surface area contributed by atoms with Crippen LogP contribution in [0.2, 0.25) is 0 Å². The molecule has 4 rings (SSSR count). The first-order valence-corrected chi connectivity index (χ1v) is 18.4. The third-order valence-electron chi connectivity index (χ3n) is 7.75. The lowest BCUT2D eigenvalue weighted by Crippen LogP contribution is -2.52. The van der Waals surface area contributed by atoms with Crippen LogP contribution < -0.4 is 20.9 Å². The summed E-state index contributed by atoms with van der Waals surface area (Å²) >= 11 is 3.15. The first kappa shape index (κ1) is 35.9. The van der Waals surface area contributed by atoms with Gasteiger partial charge in [0.2, 0.25) is 16.2 Å². The molecule has 0 aromatic heterocycles. The summed E-state index contributed by atoms with van der Waals surface area (Å²) in [5.41, 5.74) is 2.70. The molecule has 0 fully saturated rings. The van der Waals surface area contributed by atoms with Gasteiger partial charge in [-0.2, -0.15) is 8.42 Å². The minimum absolute atomic E-state index is 0.0720. The van der Waals surface area contributed by atoms with Crippen molar-refractivity contribution >= 4 is 61.8 Å². The second-order valence-corrected chi connectivity index (χ2v) is 14.7. The Labute approximate surface area is 280 Å². The lowest BCUT2D eigenvalue weighted by Gasteiger charge is -2.29. The topological polar surface area (TPSA) is 148 Å². The van der Waals surface area contributed by atoms with Crippen molar-refractivity contribution in [1.82, 2.24) is 16.0 Å². The molecule has 0 saturated carbocycles. The second kappa shape index (κ2) is 16.3. The molecule has 10 nitrogen and oxygen atoms in total. The van der Waals surface area contributed by atoms with Gasteiger partial charge in [0.25, 0.3) is 5.91 Å². The van der Waals surface area contributed by atoms with Gasteiger partial charge in [0.1, 0.15) is 6.04 Å². The maximum atomic E-state index is 14.1. The summed E-state index contributed by atoms with van der Waals surface area (Å²) in [5, 5.41) is 28.1. The van der Waals surface area contributed by atoms with E-state index in [9.17, 15) is 23.1 Å². The number of benzene rings is 2. The predicted octanol–water partition coefficient (Wildman–Crippen LogP) is 2.63. The number of amides is 2. The molecule has 46 heavy (non-hydrogen) atoms. The van der Waals surface area contributed by atoms with Crippen molar-refractivity contribution in [1.29, 1.82) is 0 Å². The number of likely N-dealkylation sites (N-methyl/N-ethyl adjacent to an activating group) is 1. The van der Waals surface area contributed by atoms with Gasteiger partial charge in [-0.1, -0.05) is 43.3 Å². The summed E-state index contributed by atoms with van der Waals surface area (Å²) in [5.74, 6) is -0.142. The highest BCUT2D eigenvalue weighted by Crippen LogP contribution is 2.38. The number of hydrogen-bond donors (Lipinski definition) is 5. The van der Waals surface area contributed by atoms with Gasteiger partial charge < -0.3 is 31.1 Å². The highest BCUT2D eigenvalue weighted by molar-refractivity contribution is 8.00. The number of anilines is 1. The number of allylic oxidation sites excluding steroid dienone is 2. The minimum atomic E-state index is -2.36. The zero-order chi connectivity index (χ0) is 33.4. The van der Waals surface area contributed by atoms with Gasteiger partial charge in [-0.25, -0.2) is 0 Å². The monoisotopic (exact) mass is 686 g/mol. The first-order chi connectivity index (χ1) is 22.0. The molecular weight excluding hydrogens is 645 g/mol. The SMILES string of the molecule is CCNC1C(c2ccc(CN3C(=O)[C@H](NC(=O)CC(C)(C)NC[C@H](O)CO)CSc4cc(SC)ccc43)cc2)=CC=CC1=S(=O)=O. The highest BCUT2D eigenvalue weighted by Gasteiger charge is 2.33. The molecule has 0 radical (unpaired) electrons. The molecule has 248 valence electrons. The molecule has 2 amide bonds. The van der Waals surface area contributed by atoms with Crippen LogP contribution in [0, 0.1) is 0 Å². The normalized spacial score (nSPS) is 18.9. The molecule has 0 saturated heterocycles. The molecule has 3 atom stereocenters. The maximum absolute atomic E-state index is 14.1. The molecule has 2 aromatic carbocycles. The number of hydrogen-bond acceptors (Lipinski definition) is 10. The fourth-order valence-electron chi connectivity index (χ4n) is 5.35. The van der Waals surface area contributed by atoms with E-state index in [1.807, 2.05) is 69.5 Å². The molecule has 1 aliphatic carbocycles. The van der Waals surface area contributed by atoms with E-state index in [0.29, 0.717) is 12.3 Å². The van der Waals surface area contributed by atoms with Crippen LogP contribution in [0.3, 0.4) is 0 Å². The van der Waals surface area contributed by atoms with Gasteiger partial charge in [-0.15, -0.1) is 23.5 Å². The van der Waals surface area contributed by atoms with Gasteiger partial charge in [-0.3, -0.25) is 9.59 Å². The van der Waals surface area contributed by atoms with Crippen LogP contribution in [0.1, 0.15) is 38.3 Å². The number of nitrogens with one attached hydrogen (secondary N) is 3. The average molecular weight is 687 g/mol. The minimum Gasteiger partial charge on any atom is -0.394 e. The third-order valence-corrected chi connectivity index (χ3v) is 10.4. The summed E-state index contributed by atoms with van der Waals surface area (Å²) in [4.78, 5) is 31.3. The highest BCUT2D eigenvalue weighted by atomic mass is 32.2. The van der Waals surface area contributed by atoms with E-state index in [-0.39, 0.29) is 42.8 Å². The van der Waals surface area contributed by atoms with Gasteiger partial charge in [0.15, 0.2) is 0 Å². The van der Waals surface area contributed by atoms with E-state index < -0.39 is 34.0 Å². The van der Waals surface area contributed by atoms with Crippen molar-refractivity contribution in [2.45, 2.75) is 67.3 Å². The van der Waals surface area contributed by atoms with Crippen LogP contribution in [-0.2, 0) is 26.4 Å². The zero-order valence-electron chi connectivity index (χ0n) is 26.4. The van der Waals surface area contributed by atoms with Crippen LogP contribution in [0.4, 0.5) is 5.69 Å². The predicted molar refractivity (Wildman–Crippen MR) is 187 cm³/mol. The zero-order valence-corrected chi connectivity index (χ0v) is 28.9. The number of nitrogens with zero attached hydrogens (tertiary/aromatic N) is 1. The number of thioether (sulfide) groups is 2. The standard InChI is InChI=1S/C33H42N4O6S3/c1-5-34-31-25(7-6-8-29(31)46(42)43)22-11-9-21(10-12-22)18-37-27-14-13-24(44-4)15-28(27)45-20-26(32(37)41)36-30(40)16-33(2,3)35-17-23(39)19-38/h6-15,23,26,31,34-35,38-39H,5,16-20H2,1-4H3,(H,36,40)/t23-,26+,31?/m0/s1. The Hall–Kier alpha value is -2.91. The Bertz CT molecular complexity index is 1610. The summed E-state index contributed by atoms with van der Waals surface area (Å²) in [6, 6.07) is 12.5. The van der Waals surface area contributed by atoms with E-state index in [1.165, 1.54) is 11.8 Å². The number of aliphatic hydroxyl groups excluding tert-OH is 2. The van der Waals surface area contributed by atoms with Crippen LogP contribution in [-0.4, -0.2) is 90.7 Å². The largest absolute Gasteiger partial charge is 0.394 e. The van der Waals surface area contributed by atoms with Crippen LogP contribution in [0.25, 0.3) is 5.57 Å². The summed E-state index contributed by atoms with van der Waals surface area (Å²) in [6.07, 6.45) is 6.39. The van der Waals surface area contributed by atoms with Gasteiger partial charge in [-0.05, 0) is 67.6 Å². The molecule has 0 bridgehead atoms. The molecule has 0 spiro atoms. The van der Waals surface area contributed by atoms with Gasteiger partial charge in [0.05, 0.1) is 35.8 Å². The van der Waals surface area contributed by atoms with E-state index >= 15 is 0 Å². The molecule has 2 aromatic rings. The number of β-amino-alcohol motifs (C(OH)–C–C–N with tert-alkyl or cyclic N) is 1. The number of fused-ring (bicyclic) bond motifs is 1. The van der Waals surface area contributed by atoms with Crippen molar-refractivity contribution in [3.05, 3.63) is 71.8 Å². The fourth-order valence-corrected chi connectivity index (χ4v) is 7.57. The van der Waals surface area contributed by atoms with E-state index in [2.05, 4.69) is 22.0 Å². The van der Waals surface area contributed by atoms with Crippen molar-refractivity contribution < 1.29 is 28.2 Å². The van der Waals surface area contributed by atoms with E-state index in [1.54, 1.807) is 28.8 Å². The Morgan fingerprint density at radius 2 is 1.93 bits per heavy atom. The molecular formula is C33H42N4O6S3. The molecule has 1 unspecified atom stereocenters. The number of carbonyl (C=O) groups excluding carboxylic acids is 2. The van der Waals surface area contributed by atoms with Crippen LogP contribution in [0.15, 0.2) is 70.5 Å². The number of rotatable bonds is 13. The van der Waals surface area contributed by atoms with Crippen molar-refractivity contribution in [2.75, 3.05) is 36.6 Å². The summed E-state index contributed by atoms with van der Waals surface area (Å²) < 4.78 is 23.8. The smallest absolute Gasteiger partial charge is 0.250 e. The van der Waals surface area contributed by atoms with Crippen LogP contribution >= 0.6 is 23.5 Å². The Kier molecular flexibility index (Phi) is 12.7. The quantitative estimate of drug-likeness (QED) is 0.157. The van der Waals surface area contributed by atoms with E-state index in [0.717, 1.165) is 32.2 Å². The second-order valence-electron chi connectivity index (χ2n) is 11.8. The maximum Gasteiger partial charge on any atom is 0.250 e. The van der Waals surface area contributed by atoms with Gasteiger partial charge >= 0.3 is 0 Å². The summed E-state index contributed by atoms with van der Waals surface area (Å²) in [7, 11) is -2.36. The molecule has 1 heterocycles. The fraction of sp³-hybridized carbons (Fsp3) is 0.424. The summed E-state index contributed by atoms with van der Waals surface area (Å²) in [6.45, 7) is 6.22. The molecule has 5 N–H and O–H groups in total. The van der Waals surface area contributed by atoms with E-state index in [4.69, 9.17) is 5.11 Å². The van der Waals surface area contributed by atoms with Crippen LogP contribution in [0.5, 0.6) is 0 Å². The molecule has 13 heteroatoms. The lowest BCUT2D eigenvalue weighted by atomic mass is 9.91. The average Bonchev–Trinajstić information content (AvgIpc) is 3.15. The Morgan fingerprint density at radius 1 is 1.20 bits per heavy atom. The molecule has 2 aliphatic rings. The van der Waals surface area contributed by atoms with Crippen molar-refractivity contribution in [3.63, 3.8) is 0 Å². The third kappa shape index (κ3) is 9.12. The van der Waals surface area contributed by atoms with Crippen molar-refractivity contribution in [3.8, 4) is 0 Å². The Balaban J connectivity index is 1.56. The number of aliphatic hydroxyl groups is 2. The lowest BCUT2D eigenvalue weighted by molar-refractivity contribution is -0.128. The number of carbonyl (C=O) groups is 2. The molecule has 1 aliphatic heterocycles. The Morgan fingerprint density at radius 3 is 2.59 bits per heavy atom. The van der Waals surface area contributed by atoms with Crippen molar-refractivity contribution in [2.24, 2.45) is 0 Å². The first-order valence-electron chi connectivity index (χ1n) is 15.1.